The minimum absolute atomic E-state index is 0.156. The molecule has 0 aliphatic heterocycles. The maximum atomic E-state index is 12.3. The molecule has 0 aromatic heterocycles. The van der Waals surface area contributed by atoms with Crippen molar-refractivity contribution in [1.29, 1.82) is 0 Å². The van der Waals surface area contributed by atoms with Crippen LogP contribution in [0.1, 0.15) is 45.1 Å². The van der Waals surface area contributed by atoms with Gasteiger partial charge in [-0.3, -0.25) is 0 Å². The highest BCUT2D eigenvalue weighted by molar-refractivity contribution is 9.10. The van der Waals surface area contributed by atoms with Gasteiger partial charge in [-0.1, -0.05) is 34.1 Å². The van der Waals surface area contributed by atoms with Crippen LogP contribution in [0.4, 0.5) is 0 Å². The molecule has 0 radical (unpaired) electrons. The predicted molar refractivity (Wildman–Crippen MR) is 99.3 cm³/mol. The van der Waals surface area contributed by atoms with Crippen molar-refractivity contribution < 1.29 is 14.6 Å². The third kappa shape index (κ3) is 4.61. The van der Waals surface area contributed by atoms with E-state index in [2.05, 4.69) is 28.2 Å². The summed E-state index contributed by atoms with van der Waals surface area (Å²) in [4.78, 5) is 12.3. The standard InChI is InChI=1S/C19H26BrNO3/c1-12(14-8-10-15(22)11-9-14)21-13(2)18(19(23)24-3)16-6-4-5-7-17(16)20/h4-7,12,14-15,21-22H,8-11H2,1-3H3/b18-13-/t12-,14?,15?/m1/s1. The fraction of sp³-hybridized carbons (Fsp3) is 0.526. The van der Waals surface area contributed by atoms with Crippen LogP contribution in [0.5, 0.6) is 0 Å². The zero-order valence-corrected chi connectivity index (χ0v) is 16.1. The number of benzene rings is 1. The molecular weight excluding hydrogens is 370 g/mol. The first-order valence-electron chi connectivity index (χ1n) is 8.42. The van der Waals surface area contributed by atoms with E-state index in [9.17, 15) is 9.90 Å². The summed E-state index contributed by atoms with van der Waals surface area (Å²) in [5.74, 6) is 0.152. The highest BCUT2D eigenvalue weighted by atomic mass is 79.9. The Balaban J connectivity index is 2.23. The van der Waals surface area contributed by atoms with Crippen molar-refractivity contribution in [3.8, 4) is 0 Å². The third-order valence-electron chi connectivity index (χ3n) is 4.80. The van der Waals surface area contributed by atoms with E-state index in [4.69, 9.17) is 4.74 Å². The molecule has 0 spiro atoms. The molecule has 2 rings (SSSR count). The molecule has 24 heavy (non-hydrogen) atoms. The van der Waals surface area contributed by atoms with E-state index in [0.717, 1.165) is 41.4 Å². The quantitative estimate of drug-likeness (QED) is 0.586. The second-order valence-corrected chi connectivity index (χ2v) is 7.33. The zero-order chi connectivity index (χ0) is 17.7. The number of esters is 1. The van der Waals surface area contributed by atoms with Crippen molar-refractivity contribution >= 4 is 27.5 Å². The normalized spacial score (nSPS) is 23.2. The molecular formula is C19H26BrNO3. The van der Waals surface area contributed by atoms with Gasteiger partial charge < -0.3 is 15.2 Å². The van der Waals surface area contributed by atoms with Gasteiger partial charge in [-0.2, -0.15) is 0 Å². The molecule has 0 heterocycles. The van der Waals surface area contributed by atoms with Gasteiger partial charge in [0.1, 0.15) is 0 Å². The van der Waals surface area contributed by atoms with Gasteiger partial charge in [-0.25, -0.2) is 4.79 Å². The van der Waals surface area contributed by atoms with Crippen LogP contribution in [0.25, 0.3) is 5.57 Å². The van der Waals surface area contributed by atoms with Crippen molar-refractivity contribution in [2.75, 3.05) is 7.11 Å². The van der Waals surface area contributed by atoms with Crippen LogP contribution in [0.15, 0.2) is 34.4 Å². The highest BCUT2D eigenvalue weighted by Crippen LogP contribution is 2.30. The maximum absolute atomic E-state index is 12.3. The average Bonchev–Trinajstić information content (AvgIpc) is 2.57. The van der Waals surface area contributed by atoms with E-state index in [1.807, 2.05) is 31.2 Å². The molecule has 0 bridgehead atoms. The number of ether oxygens (including phenoxy) is 1. The van der Waals surface area contributed by atoms with Crippen LogP contribution in [0, 0.1) is 5.92 Å². The van der Waals surface area contributed by atoms with Gasteiger partial charge >= 0.3 is 5.97 Å². The number of halogens is 1. The van der Waals surface area contributed by atoms with E-state index in [0.29, 0.717) is 11.5 Å². The number of aliphatic hydroxyl groups is 1. The van der Waals surface area contributed by atoms with Crippen LogP contribution in [-0.2, 0) is 9.53 Å². The molecule has 0 amide bonds. The lowest BCUT2D eigenvalue weighted by molar-refractivity contribution is -0.133. The minimum Gasteiger partial charge on any atom is -0.465 e. The van der Waals surface area contributed by atoms with Crippen molar-refractivity contribution in [2.24, 2.45) is 5.92 Å². The lowest BCUT2D eigenvalue weighted by Crippen LogP contribution is -2.36. The Morgan fingerprint density at radius 1 is 1.29 bits per heavy atom. The lowest BCUT2D eigenvalue weighted by Gasteiger charge is -2.31. The van der Waals surface area contributed by atoms with E-state index >= 15 is 0 Å². The predicted octanol–water partition coefficient (Wildman–Crippen LogP) is 3.88. The van der Waals surface area contributed by atoms with Crippen LogP contribution in [0.2, 0.25) is 0 Å². The molecule has 0 unspecified atom stereocenters. The number of hydrogen-bond donors (Lipinski definition) is 2. The fourth-order valence-electron chi connectivity index (χ4n) is 3.36. The Morgan fingerprint density at radius 2 is 1.92 bits per heavy atom. The summed E-state index contributed by atoms with van der Waals surface area (Å²) in [6, 6.07) is 7.88. The topological polar surface area (TPSA) is 58.6 Å². The number of carbonyl (C=O) groups excluding carboxylic acids is 1. The number of nitrogens with one attached hydrogen (secondary N) is 1. The Bertz CT molecular complexity index is 606. The largest absolute Gasteiger partial charge is 0.465 e. The molecule has 1 atom stereocenters. The smallest absolute Gasteiger partial charge is 0.340 e. The second-order valence-electron chi connectivity index (χ2n) is 6.47. The molecule has 132 valence electrons. The van der Waals surface area contributed by atoms with E-state index in [1.54, 1.807) is 0 Å². The van der Waals surface area contributed by atoms with Gasteiger partial charge in [-0.15, -0.1) is 0 Å². The number of aliphatic hydroxyl groups excluding tert-OH is 1. The summed E-state index contributed by atoms with van der Waals surface area (Å²) in [5, 5.41) is 13.1. The summed E-state index contributed by atoms with van der Waals surface area (Å²) >= 11 is 3.51. The van der Waals surface area contributed by atoms with Crippen LogP contribution < -0.4 is 5.32 Å². The highest BCUT2D eigenvalue weighted by Gasteiger charge is 2.25. The molecule has 1 aliphatic carbocycles. The van der Waals surface area contributed by atoms with E-state index < -0.39 is 0 Å². The van der Waals surface area contributed by atoms with E-state index in [-0.39, 0.29) is 18.1 Å². The molecule has 0 saturated heterocycles. The van der Waals surface area contributed by atoms with Crippen molar-refractivity contribution in [3.05, 3.63) is 40.0 Å². The first-order valence-corrected chi connectivity index (χ1v) is 9.22. The Labute approximate surface area is 152 Å². The molecule has 1 aromatic carbocycles. The number of hydrogen-bond acceptors (Lipinski definition) is 4. The third-order valence-corrected chi connectivity index (χ3v) is 5.49. The molecule has 5 heteroatoms. The molecule has 1 saturated carbocycles. The van der Waals surface area contributed by atoms with Gasteiger partial charge in [0.25, 0.3) is 0 Å². The Morgan fingerprint density at radius 3 is 2.50 bits per heavy atom. The fourth-order valence-corrected chi connectivity index (χ4v) is 3.85. The monoisotopic (exact) mass is 395 g/mol. The molecule has 1 fully saturated rings. The minimum atomic E-state index is -0.349. The summed E-state index contributed by atoms with van der Waals surface area (Å²) in [5.41, 5.74) is 2.18. The van der Waals surface area contributed by atoms with Gasteiger partial charge in [-0.05, 0) is 51.5 Å². The molecule has 4 nitrogen and oxygen atoms in total. The average molecular weight is 396 g/mol. The van der Waals surface area contributed by atoms with Crippen LogP contribution >= 0.6 is 15.9 Å². The number of rotatable bonds is 5. The van der Waals surface area contributed by atoms with Crippen molar-refractivity contribution in [1.82, 2.24) is 5.32 Å². The van der Waals surface area contributed by atoms with Gasteiger partial charge in [0.15, 0.2) is 0 Å². The first-order chi connectivity index (χ1) is 11.4. The van der Waals surface area contributed by atoms with Crippen LogP contribution in [0.3, 0.4) is 0 Å². The molecule has 1 aliphatic rings. The van der Waals surface area contributed by atoms with Crippen molar-refractivity contribution in [3.63, 3.8) is 0 Å². The summed E-state index contributed by atoms with van der Waals surface area (Å²) in [6.45, 7) is 4.06. The molecule has 1 aromatic rings. The lowest BCUT2D eigenvalue weighted by atomic mass is 9.83. The number of allylic oxidation sites excluding steroid dienone is 1. The van der Waals surface area contributed by atoms with E-state index in [1.165, 1.54) is 7.11 Å². The van der Waals surface area contributed by atoms with Crippen molar-refractivity contribution in [2.45, 2.75) is 51.7 Å². The van der Waals surface area contributed by atoms with Crippen LogP contribution in [-0.4, -0.2) is 30.3 Å². The zero-order valence-electron chi connectivity index (χ0n) is 14.5. The van der Waals surface area contributed by atoms with Gasteiger partial charge in [0.2, 0.25) is 0 Å². The maximum Gasteiger partial charge on any atom is 0.340 e. The molecule has 2 N–H and O–H groups in total. The first kappa shape index (κ1) is 19.0. The summed E-state index contributed by atoms with van der Waals surface area (Å²) < 4.78 is 5.85. The summed E-state index contributed by atoms with van der Waals surface area (Å²) in [6.07, 6.45) is 3.56. The number of methoxy groups -OCH3 is 1. The van der Waals surface area contributed by atoms with Gasteiger partial charge in [0.05, 0.1) is 18.8 Å². The Kier molecular flexibility index (Phi) is 6.87. The number of carbonyl (C=O) groups is 1. The summed E-state index contributed by atoms with van der Waals surface area (Å²) in [7, 11) is 1.40. The SMILES string of the molecule is COC(=O)/C(=C(/C)N[C@H](C)C1CCC(O)CC1)c1ccccc1Br. The Hall–Kier alpha value is -1.33. The van der Waals surface area contributed by atoms with Gasteiger partial charge in [0, 0.05) is 21.8 Å². The second kappa shape index (κ2) is 8.67.